The Morgan fingerprint density at radius 3 is 2.83 bits per heavy atom. The summed E-state index contributed by atoms with van der Waals surface area (Å²) < 4.78 is 0. The number of pyridine rings is 1. The van der Waals surface area contributed by atoms with Crippen LogP contribution in [-0.2, 0) is 6.61 Å². The van der Waals surface area contributed by atoms with Crippen molar-refractivity contribution >= 4 is 28.4 Å². The number of thioether (sulfide) groups is 1. The van der Waals surface area contributed by atoms with Crippen molar-refractivity contribution in [2.45, 2.75) is 6.61 Å². The fraction of sp³-hybridized carbons (Fsp3) is 0.357. The van der Waals surface area contributed by atoms with E-state index in [2.05, 4.69) is 29.3 Å². The van der Waals surface area contributed by atoms with Crippen molar-refractivity contribution in [1.29, 1.82) is 0 Å². The number of benzene rings is 1. The first-order valence-electron chi connectivity index (χ1n) is 5.96. The van der Waals surface area contributed by atoms with Gasteiger partial charge in [-0.1, -0.05) is 18.2 Å². The first kappa shape index (κ1) is 13.2. The minimum atomic E-state index is -0.0196. The highest BCUT2D eigenvalue weighted by atomic mass is 32.2. The van der Waals surface area contributed by atoms with E-state index in [0.717, 1.165) is 34.6 Å². The largest absolute Gasteiger partial charge is 0.390 e. The van der Waals surface area contributed by atoms with Crippen LogP contribution in [0.4, 0.5) is 5.69 Å². The molecule has 0 unspecified atom stereocenters. The van der Waals surface area contributed by atoms with Crippen LogP contribution in [0, 0.1) is 0 Å². The predicted octanol–water partition coefficient (Wildman–Crippen LogP) is 2.53. The number of anilines is 1. The molecule has 1 heterocycles. The van der Waals surface area contributed by atoms with Crippen LogP contribution in [0.15, 0.2) is 30.3 Å². The minimum Gasteiger partial charge on any atom is -0.390 e. The van der Waals surface area contributed by atoms with Crippen molar-refractivity contribution in [3.63, 3.8) is 0 Å². The van der Waals surface area contributed by atoms with E-state index >= 15 is 0 Å². The van der Waals surface area contributed by atoms with E-state index in [1.807, 2.05) is 36.0 Å². The van der Waals surface area contributed by atoms with Crippen molar-refractivity contribution < 1.29 is 5.11 Å². The number of hydrogen-bond donors (Lipinski definition) is 1. The van der Waals surface area contributed by atoms with E-state index < -0.39 is 0 Å². The zero-order chi connectivity index (χ0) is 13.0. The maximum atomic E-state index is 9.29. The smallest absolute Gasteiger partial charge is 0.0854 e. The zero-order valence-electron chi connectivity index (χ0n) is 10.8. The Morgan fingerprint density at radius 2 is 2.11 bits per heavy atom. The molecule has 0 radical (unpaired) electrons. The van der Waals surface area contributed by atoms with Crippen molar-refractivity contribution in [2.75, 3.05) is 30.5 Å². The van der Waals surface area contributed by atoms with Gasteiger partial charge < -0.3 is 10.0 Å². The summed E-state index contributed by atoms with van der Waals surface area (Å²) in [5.41, 5.74) is 2.80. The van der Waals surface area contributed by atoms with Crippen LogP contribution in [0.25, 0.3) is 10.9 Å². The minimum absolute atomic E-state index is 0.0196. The lowest BCUT2D eigenvalue weighted by atomic mass is 10.1. The summed E-state index contributed by atoms with van der Waals surface area (Å²) >= 11 is 1.83. The molecule has 3 nitrogen and oxygen atoms in total. The van der Waals surface area contributed by atoms with Gasteiger partial charge in [-0.15, -0.1) is 0 Å². The lowest BCUT2D eigenvalue weighted by Gasteiger charge is -2.21. The average molecular weight is 262 g/mol. The second-order valence-electron chi connectivity index (χ2n) is 4.22. The number of para-hydroxylation sites is 1. The topological polar surface area (TPSA) is 36.4 Å². The van der Waals surface area contributed by atoms with Crippen LogP contribution in [0.5, 0.6) is 0 Å². The highest BCUT2D eigenvalue weighted by molar-refractivity contribution is 7.98. The summed E-state index contributed by atoms with van der Waals surface area (Å²) in [6, 6.07) is 10.0. The Bertz CT molecular complexity index is 530. The summed E-state index contributed by atoms with van der Waals surface area (Å²) in [5, 5.41) is 10.4. The lowest BCUT2D eigenvalue weighted by molar-refractivity contribution is 0.277. The predicted molar refractivity (Wildman–Crippen MR) is 79.3 cm³/mol. The molecule has 1 aromatic carbocycles. The number of aromatic nitrogens is 1. The molecule has 18 heavy (non-hydrogen) atoms. The van der Waals surface area contributed by atoms with Gasteiger partial charge in [0, 0.05) is 30.4 Å². The maximum absolute atomic E-state index is 9.29. The molecular weight excluding hydrogens is 244 g/mol. The van der Waals surface area contributed by atoms with Crippen LogP contribution >= 0.6 is 11.8 Å². The Balaban J connectivity index is 2.46. The summed E-state index contributed by atoms with van der Waals surface area (Å²) in [5.74, 6) is 1.08. The number of nitrogens with zero attached hydrogens (tertiary/aromatic N) is 2. The Morgan fingerprint density at radius 1 is 1.33 bits per heavy atom. The number of aliphatic hydroxyl groups is 1. The first-order valence-corrected chi connectivity index (χ1v) is 7.35. The van der Waals surface area contributed by atoms with Crippen LogP contribution in [0.2, 0.25) is 0 Å². The summed E-state index contributed by atoms with van der Waals surface area (Å²) in [4.78, 5) is 6.66. The molecule has 0 spiro atoms. The fourth-order valence-corrected chi connectivity index (χ4v) is 2.41. The molecule has 0 aliphatic carbocycles. The molecule has 2 rings (SSSR count). The highest BCUT2D eigenvalue weighted by Crippen LogP contribution is 2.26. The van der Waals surface area contributed by atoms with Crippen molar-refractivity contribution in [1.82, 2.24) is 4.98 Å². The van der Waals surface area contributed by atoms with Gasteiger partial charge in [-0.25, -0.2) is 0 Å². The molecule has 0 bridgehead atoms. The van der Waals surface area contributed by atoms with Gasteiger partial charge in [0.2, 0.25) is 0 Å². The van der Waals surface area contributed by atoms with Crippen LogP contribution < -0.4 is 4.90 Å². The molecule has 0 amide bonds. The second-order valence-corrected chi connectivity index (χ2v) is 5.21. The highest BCUT2D eigenvalue weighted by Gasteiger charge is 2.08. The van der Waals surface area contributed by atoms with Gasteiger partial charge in [0.05, 0.1) is 17.8 Å². The van der Waals surface area contributed by atoms with Gasteiger partial charge in [-0.05, 0) is 18.4 Å². The van der Waals surface area contributed by atoms with E-state index in [1.165, 1.54) is 0 Å². The fourth-order valence-electron chi connectivity index (χ4n) is 1.96. The van der Waals surface area contributed by atoms with Gasteiger partial charge >= 0.3 is 0 Å². The Hall–Kier alpha value is -1.26. The monoisotopic (exact) mass is 262 g/mol. The van der Waals surface area contributed by atoms with Crippen molar-refractivity contribution in [2.24, 2.45) is 0 Å². The molecule has 4 heteroatoms. The normalized spacial score (nSPS) is 10.8. The number of rotatable bonds is 5. The average Bonchev–Trinajstić information content (AvgIpc) is 2.43. The molecule has 2 aromatic rings. The van der Waals surface area contributed by atoms with Gasteiger partial charge in [0.1, 0.15) is 0 Å². The van der Waals surface area contributed by atoms with Gasteiger partial charge in [0.25, 0.3) is 0 Å². The molecule has 0 aliphatic heterocycles. The summed E-state index contributed by atoms with van der Waals surface area (Å²) in [7, 11) is 2.08. The van der Waals surface area contributed by atoms with E-state index in [1.54, 1.807) is 0 Å². The van der Waals surface area contributed by atoms with E-state index in [4.69, 9.17) is 0 Å². The molecule has 0 saturated carbocycles. The molecule has 0 fully saturated rings. The molecule has 96 valence electrons. The molecular formula is C14H18N2OS. The maximum Gasteiger partial charge on any atom is 0.0854 e. The third-order valence-electron chi connectivity index (χ3n) is 2.95. The first-order chi connectivity index (χ1) is 8.76. The van der Waals surface area contributed by atoms with Gasteiger partial charge in [-0.2, -0.15) is 11.8 Å². The van der Waals surface area contributed by atoms with E-state index in [9.17, 15) is 5.11 Å². The van der Waals surface area contributed by atoms with E-state index in [-0.39, 0.29) is 6.61 Å². The second kappa shape index (κ2) is 6.07. The van der Waals surface area contributed by atoms with E-state index in [0.29, 0.717) is 0 Å². The quantitative estimate of drug-likeness (QED) is 0.898. The van der Waals surface area contributed by atoms with Crippen LogP contribution in [0.3, 0.4) is 0 Å². The molecule has 0 aliphatic rings. The van der Waals surface area contributed by atoms with Gasteiger partial charge in [0.15, 0.2) is 0 Å². The number of fused-ring (bicyclic) bond motifs is 1. The van der Waals surface area contributed by atoms with Crippen molar-refractivity contribution in [3.8, 4) is 0 Å². The van der Waals surface area contributed by atoms with Gasteiger partial charge in [-0.3, -0.25) is 4.98 Å². The Labute approximate surface area is 112 Å². The summed E-state index contributed by atoms with van der Waals surface area (Å²) in [6.45, 7) is 0.967. The summed E-state index contributed by atoms with van der Waals surface area (Å²) in [6.07, 6.45) is 2.11. The lowest BCUT2D eigenvalue weighted by Crippen LogP contribution is -2.20. The molecule has 1 aromatic heterocycles. The third kappa shape index (κ3) is 2.76. The molecule has 0 saturated heterocycles. The SMILES string of the molecule is CSCCN(C)c1cc(CO)nc2ccccc12. The zero-order valence-corrected chi connectivity index (χ0v) is 11.6. The standard InChI is InChI=1S/C14H18N2OS/c1-16(7-8-18-2)14-9-11(10-17)15-13-6-4-3-5-12(13)14/h3-6,9,17H,7-8,10H2,1-2H3. The van der Waals surface area contributed by atoms with Crippen LogP contribution in [-0.4, -0.2) is 35.7 Å². The molecule has 1 N–H and O–H groups in total. The number of aliphatic hydroxyl groups excluding tert-OH is 1. The van der Waals surface area contributed by atoms with Crippen molar-refractivity contribution in [3.05, 3.63) is 36.0 Å². The Kier molecular flexibility index (Phi) is 4.44. The third-order valence-corrected chi connectivity index (χ3v) is 3.54. The number of hydrogen-bond acceptors (Lipinski definition) is 4. The van der Waals surface area contributed by atoms with Crippen LogP contribution in [0.1, 0.15) is 5.69 Å². The molecule has 0 atom stereocenters.